The van der Waals surface area contributed by atoms with E-state index < -0.39 is 0 Å². The molecule has 0 N–H and O–H groups in total. The lowest BCUT2D eigenvalue weighted by molar-refractivity contribution is -0.125. The van der Waals surface area contributed by atoms with Crippen molar-refractivity contribution in [2.24, 2.45) is 0 Å². The van der Waals surface area contributed by atoms with E-state index in [1.807, 2.05) is 54.6 Å². The van der Waals surface area contributed by atoms with E-state index in [-0.39, 0.29) is 12.0 Å². The third-order valence-corrected chi connectivity index (χ3v) is 5.00. The smallest absolute Gasteiger partial charge is 0.246 e. The standard InChI is InChI=1S/C22H19ClN2O2/c23-19-8-2-1-5-16(19)10-11-21(26)25-14-12-18(15-25)27-20-9-3-6-17-7-4-13-24-22(17)20/h1-11,13,18H,12,14-15H2/b11-10+. The molecule has 1 aliphatic heterocycles. The van der Waals surface area contributed by atoms with Gasteiger partial charge in [0.15, 0.2) is 0 Å². The topological polar surface area (TPSA) is 42.4 Å². The Labute approximate surface area is 163 Å². The van der Waals surface area contributed by atoms with Crippen LogP contribution in [0.15, 0.2) is 66.9 Å². The van der Waals surface area contributed by atoms with Crippen molar-refractivity contribution >= 4 is 34.5 Å². The molecule has 1 atom stereocenters. The Hall–Kier alpha value is -2.85. The second-order valence-corrected chi connectivity index (χ2v) is 6.91. The number of benzene rings is 2. The molecular formula is C22H19ClN2O2. The highest BCUT2D eigenvalue weighted by atomic mass is 35.5. The zero-order valence-corrected chi connectivity index (χ0v) is 15.5. The molecule has 1 fully saturated rings. The molecule has 136 valence electrons. The summed E-state index contributed by atoms with van der Waals surface area (Å²) in [5.74, 6) is 0.732. The first-order chi connectivity index (χ1) is 13.2. The lowest BCUT2D eigenvalue weighted by Gasteiger charge is -2.16. The van der Waals surface area contributed by atoms with Crippen LogP contribution in [-0.2, 0) is 4.79 Å². The van der Waals surface area contributed by atoms with Crippen LogP contribution in [0.2, 0.25) is 5.02 Å². The Balaban J connectivity index is 1.41. The van der Waals surface area contributed by atoms with Gasteiger partial charge in [-0.05, 0) is 29.8 Å². The molecule has 1 saturated heterocycles. The van der Waals surface area contributed by atoms with E-state index >= 15 is 0 Å². The summed E-state index contributed by atoms with van der Waals surface area (Å²) in [4.78, 5) is 18.7. The van der Waals surface area contributed by atoms with Crippen molar-refractivity contribution in [1.29, 1.82) is 0 Å². The molecule has 0 saturated carbocycles. The Morgan fingerprint density at radius 3 is 2.89 bits per heavy atom. The first-order valence-electron chi connectivity index (χ1n) is 8.92. The first kappa shape index (κ1) is 17.6. The highest BCUT2D eigenvalue weighted by Gasteiger charge is 2.27. The largest absolute Gasteiger partial charge is 0.486 e. The molecule has 1 amide bonds. The number of para-hydroxylation sites is 1. The third-order valence-electron chi connectivity index (χ3n) is 4.66. The number of amides is 1. The highest BCUT2D eigenvalue weighted by Crippen LogP contribution is 2.26. The second kappa shape index (κ2) is 7.80. The molecule has 2 heterocycles. The van der Waals surface area contributed by atoms with Gasteiger partial charge < -0.3 is 9.64 Å². The van der Waals surface area contributed by atoms with Crippen LogP contribution < -0.4 is 4.74 Å². The van der Waals surface area contributed by atoms with E-state index in [2.05, 4.69) is 4.98 Å². The van der Waals surface area contributed by atoms with Crippen LogP contribution in [0.4, 0.5) is 0 Å². The van der Waals surface area contributed by atoms with Gasteiger partial charge >= 0.3 is 0 Å². The predicted molar refractivity (Wildman–Crippen MR) is 108 cm³/mol. The quantitative estimate of drug-likeness (QED) is 0.624. The average molecular weight is 379 g/mol. The first-order valence-corrected chi connectivity index (χ1v) is 9.30. The number of rotatable bonds is 4. The minimum absolute atomic E-state index is 0.0305. The number of fused-ring (bicyclic) bond motifs is 1. The Morgan fingerprint density at radius 1 is 1.15 bits per heavy atom. The van der Waals surface area contributed by atoms with Crippen LogP contribution in [0.25, 0.3) is 17.0 Å². The molecule has 0 bridgehead atoms. The van der Waals surface area contributed by atoms with Crippen LogP contribution in [0.1, 0.15) is 12.0 Å². The number of halogens is 1. The summed E-state index contributed by atoms with van der Waals surface area (Å²) in [6.07, 6.45) is 5.86. The normalized spacial score (nSPS) is 16.9. The zero-order valence-electron chi connectivity index (χ0n) is 14.7. The number of nitrogens with zero attached hydrogens (tertiary/aromatic N) is 2. The molecule has 2 aromatic carbocycles. The number of hydrogen-bond donors (Lipinski definition) is 0. The SMILES string of the molecule is O=C(/C=C/c1ccccc1Cl)N1CCC(Oc2cccc3cccnc23)C1. The fourth-order valence-electron chi connectivity index (χ4n) is 3.25. The number of carbonyl (C=O) groups excluding carboxylic acids is 1. The molecule has 0 spiro atoms. The maximum Gasteiger partial charge on any atom is 0.246 e. The fraction of sp³-hybridized carbons (Fsp3) is 0.182. The van der Waals surface area contributed by atoms with Gasteiger partial charge in [0, 0.05) is 35.6 Å². The number of carbonyl (C=O) groups is 1. The van der Waals surface area contributed by atoms with Crippen molar-refractivity contribution in [1.82, 2.24) is 9.88 Å². The Bertz CT molecular complexity index is 997. The maximum absolute atomic E-state index is 12.5. The molecule has 0 radical (unpaired) electrons. The van der Waals surface area contributed by atoms with E-state index in [0.717, 1.165) is 28.6 Å². The predicted octanol–water partition coefficient (Wildman–Crippen LogP) is 4.58. The number of aromatic nitrogens is 1. The minimum atomic E-state index is -0.0322. The Morgan fingerprint density at radius 2 is 2.00 bits per heavy atom. The van der Waals surface area contributed by atoms with Crippen LogP contribution in [0.5, 0.6) is 5.75 Å². The number of likely N-dealkylation sites (tertiary alicyclic amines) is 1. The van der Waals surface area contributed by atoms with Crippen molar-refractivity contribution < 1.29 is 9.53 Å². The van der Waals surface area contributed by atoms with Crippen LogP contribution in [0.3, 0.4) is 0 Å². The zero-order chi connectivity index (χ0) is 18.6. The monoisotopic (exact) mass is 378 g/mol. The fourth-order valence-corrected chi connectivity index (χ4v) is 3.45. The molecule has 0 aliphatic carbocycles. The number of pyridine rings is 1. The highest BCUT2D eigenvalue weighted by molar-refractivity contribution is 6.32. The van der Waals surface area contributed by atoms with Crippen molar-refractivity contribution in [3.8, 4) is 5.75 Å². The summed E-state index contributed by atoms with van der Waals surface area (Å²) in [5, 5.41) is 1.68. The number of hydrogen-bond acceptors (Lipinski definition) is 3. The van der Waals surface area contributed by atoms with Crippen molar-refractivity contribution in [3.05, 3.63) is 77.5 Å². The van der Waals surface area contributed by atoms with Crippen molar-refractivity contribution in [2.45, 2.75) is 12.5 Å². The van der Waals surface area contributed by atoms with Crippen LogP contribution in [0, 0.1) is 0 Å². The molecule has 4 nitrogen and oxygen atoms in total. The van der Waals surface area contributed by atoms with Gasteiger partial charge in [-0.2, -0.15) is 0 Å². The molecule has 3 aromatic rings. The molecule has 1 aliphatic rings. The van der Waals surface area contributed by atoms with Gasteiger partial charge in [0.2, 0.25) is 5.91 Å². The summed E-state index contributed by atoms with van der Waals surface area (Å²) in [6.45, 7) is 1.24. The van der Waals surface area contributed by atoms with E-state index in [1.165, 1.54) is 0 Å². The van der Waals surface area contributed by atoms with E-state index in [0.29, 0.717) is 18.1 Å². The summed E-state index contributed by atoms with van der Waals surface area (Å²) in [5.41, 5.74) is 1.68. The van der Waals surface area contributed by atoms with Gasteiger partial charge in [0.25, 0.3) is 0 Å². The molecule has 4 rings (SSSR count). The summed E-state index contributed by atoms with van der Waals surface area (Å²) in [7, 11) is 0. The number of ether oxygens (including phenoxy) is 1. The minimum Gasteiger partial charge on any atom is -0.486 e. The van der Waals surface area contributed by atoms with Gasteiger partial charge in [0.05, 0.1) is 6.54 Å². The molecule has 1 aromatic heterocycles. The van der Waals surface area contributed by atoms with E-state index in [9.17, 15) is 4.79 Å². The van der Waals surface area contributed by atoms with E-state index in [4.69, 9.17) is 16.3 Å². The molecule has 5 heteroatoms. The summed E-state index contributed by atoms with van der Waals surface area (Å²) >= 11 is 6.13. The van der Waals surface area contributed by atoms with Gasteiger partial charge in [-0.25, -0.2) is 0 Å². The summed E-state index contributed by atoms with van der Waals surface area (Å²) < 4.78 is 6.15. The van der Waals surface area contributed by atoms with Crippen LogP contribution >= 0.6 is 11.6 Å². The lowest BCUT2D eigenvalue weighted by atomic mass is 10.2. The lowest BCUT2D eigenvalue weighted by Crippen LogP contribution is -2.29. The third kappa shape index (κ3) is 3.96. The van der Waals surface area contributed by atoms with Gasteiger partial charge in [-0.15, -0.1) is 0 Å². The van der Waals surface area contributed by atoms with Gasteiger partial charge in [-0.1, -0.05) is 48.0 Å². The maximum atomic E-state index is 12.5. The van der Waals surface area contributed by atoms with Crippen LogP contribution in [-0.4, -0.2) is 35.0 Å². The summed E-state index contributed by atoms with van der Waals surface area (Å²) in [6, 6.07) is 17.3. The molecule has 1 unspecified atom stereocenters. The van der Waals surface area contributed by atoms with E-state index in [1.54, 1.807) is 23.2 Å². The molecule has 27 heavy (non-hydrogen) atoms. The van der Waals surface area contributed by atoms with Gasteiger partial charge in [-0.3, -0.25) is 9.78 Å². The Kier molecular flexibility index (Phi) is 5.07. The molecular weight excluding hydrogens is 360 g/mol. The van der Waals surface area contributed by atoms with Gasteiger partial charge in [0.1, 0.15) is 17.4 Å². The van der Waals surface area contributed by atoms with Crippen molar-refractivity contribution in [3.63, 3.8) is 0 Å². The second-order valence-electron chi connectivity index (χ2n) is 6.50. The average Bonchev–Trinajstić information content (AvgIpc) is 3.16. The van der Waals surface area contributed by atoms with Crippen molar-refractivity contribution in [2.75, 3.05) is 13.1 Å².